The van der Waals surface area contributed by atoms with E-state index in [1.54, 1.807) is 13.8 Å². The molecule has 1 aliphatic rings. The molecule has 1 unspecified atom stereocenters. The van der Waals surface area contributed by atoms with E-state index in [1.165, 1.54) is 6.07 Å². The lowest BCUT2D eigenvalue weighted by Gasteiger charge is -2.29. The first kappa shape index (κ1) is 23.5. The van der Waals surface area contributed by atoms with Crippen molar-refractivity contribution in [1.82, 2.24) is 14.9 Å². The number of aromatic nitrogens is 2. The number of aryl methyl sites for hydroxylation is 1. The van der Waals surface area contributed by atoms with Gasteiger partial charge in [-0.3, -0.25) is 0 Å². The van der Waals surface area contributed by atoms with Gasteiger partial charge in [0.1, 0.15) is 18.8 Å². The second-order valence-electron chi connectivity index (χ2n) is 8.71. The van der Waals surface area contributed by atoms with E-state index < -0.39 is 24.9 Å². The number of benzene rings is 2. The van der Waals surface area contributed by atoms with Crippen LogP contribution < -0.4 is 16.4 Å². The average molecular weight is 477 g/mol. The Balaban J connectivity index is 1.72. The minimum absolute atomic E-state index is 0.0415. The van der Waals surface area contributed by atoms with Crippen LogP contribution in [0, 0.1) is 6.92 Å². The molecule has 2 aromatic carbocycles. The van der Waals surface area contributed by atoms with Crippen molar-refractivity contribution >= 4 is 34.9 Å². The lowest BCUT2D eigenvalue weighted by Crippen LogP contribution is -2.34. The lowest BCUT2D eigenvalue weighted by atomic mass is 10.0. The number of anilines is 2. The highest BCUT2D eigenvalue weighted by molar-refractivity contribution is 7.71. The van der Waals surface area contributed by atoms with Gasteiger partial charge in [-0.05, 0) is 62.9 Å². The van der Waals surface area contributed by atoms with Crippen molar-refractivity contribution < 1.29 is 17.7 Å². The fraction of sp³-hybridized carbons (Fsp3) is 0.391. The van der Waals surface area contributed by atoms with Gasteiger partial charge in [0.15, 0.2) is 0 Å². The number of fused-ring (bicyclic) bond motifs is 1. The van der Waals surface area contributed by atoms with Gasteiger partial charge in [0, 0.05) is 41.8 Å². The van der Waals surface area contributed by atoms with Gasteiger partial charge in [0.25, 0.3) is 0 Å². The van der Waals surface area contributed by atoms with Crippen molar-refractivity contribution in [3.8, 4) is 0 Å². The summed E-state index contributed by atoms with van der Waals surface area (Å²) in [5.41, 5.74) is 6.07. The number of hydrogen-bond acceptors (Lipinski definition) is 6. The third-order valence-electron chi connectivity index (χ3n) is 6.11. The normalized spacial score (nSPS) is 17.8. The molecule has 0 bridgehead atoms. The summed E-state index contributed by atoms with van der Waals surface area (Å²) in [5, 5.41) is 4.71. The van der Waals surface area contributed by atoms with Crippen LogP contribution in [0.15, 0.2) is 36.4 Å². The standard InChI is InChI=1S/C23H27F3N5OP/c1-14(16-10-17(23(24,25)26)12-18(27)11-16)28-22-20-13-19(4-5-21(20)29-15(2)30-22)33(32)8-6-31(3)7-9-33/h4-5,10-14H,6-9,27H2,1-3H3,(H,28,29,30). The molecule has 0 amide bonds. The van der Waals surface area contributed by atoms with Crippen molar-refractivity contribution in [2.45, 2.75) is 26.1 Å². The number of rotatable bonds is 4. The molecule has 1 atom stereocenters. The van der Waals surface area contributed by atoms with Gasteiger partial charge in [-0.2, -0.15) is 13.2 Å². The monoisotopic (exact) mass is 477 g/mol. The van der Waals surface area contributed by atoms with Crippen LogP contribution in [0.25, 0.3) is 10.9 Å². The Morgan fingerprint density at radius 2 is 1.82 bits per heavy atom. The van der Waals surface area contributed by atoms with Crippen molar-refractivity contribution in [1.29, 1.82) is 0 Å². The number of nitrogens with zero attached hydrogens (tertiary/aromatic N) is 3. The lowest BCUT2D eigenvalue weighted by molar-refractivity contribution is -0.137. The number of nitrogens with one attached hydrogen (secondary N) is 1. The third-order valence-corrected chi connectivity index (χ3v) is 9.17. The second-order valence-corrected chi connectivity index (χ2v) is 11.9. The van der Waals surface area contributed by atoms with Gasteiger partial charge in [0.2, 0.25) is 0 Å². The fourth-order valence-corrected chi connectivity index (χ4v) is 6.90. The zero-order valence-corrected chi connectivity index (χ0v) is 19.7. The Bertz CT molecular complexity index is 1230. The highest BCUT2D eigenvalue weighted by Gasteiger charge is 2.32. The van der Waals surface area contributed by atoms with Crippen molar-refractivity contribution in [2.75, 3.05) is 43.5 Å². The number of nitrogen functional groups attached to an aromatic ring is 1. The van der Waals surface area contributed by atoms with Crippen molar-refractivity contribution in [2.24, 2.45) is 0 Å². The van der Waals surface area contributed by atoms with E-state index in [4.69, 9.17) is 5.73 Å². The largest absolute Gasteiger partial charge is 0.416 e. The molecule has 0 aliphatic carbocycles. The first-order chi connectivity index (χ1) is 15.4. The Hall–Kier alpha value is -2.64. The molecule has 2 heterocycles. The molecule has 176 valence electrons. The van der Waals surface area contributed by atoms with Crippen LogP contribution >= 0.6 is 7.14 Å². The smallest absolute Gasteiger partial charge is 0.399 e. The minimum Gasteiger partial charge on any atom is -0.399 e. The highest BCUT2D eigenvalue weighted by atomic mass is 31.2. The van der Waals surface area contributed by atoms with Crippen LogP contribution in [0.2, 0.25) is 0 Å². The molecule has 10 heteroatoms. The molecule has 0 radical (unpaired) electrons. The maximum Gasteiger partial charge on any atom is 0.416 e. The molecule has 0 spiro atoms. The first-order valence-corrected chi connectivity index (χ1v) is 12.8. The second kappa shape index (κ2) is 8.61. The molecular formula is C23H27F3N5OP. The highest BCUT2D eigenvalue weighted by Crippen LogP contribution is 2.46. The van der Waals surface area contributed by atoms with Crippen LogP contribution in [0.3, 0.4) is 0 Å². The van der Waals surface area contributed by atoms with E-state index in [0.717, 1.165) is 30.5 Å². The quantitative estimate of drug-likeness (QED) is 0.421. The van der Waals surface area contributed by atoms with Crippen LogP contribution in [0.4, 0.5) is 24.7 Å². The van der Waals surface area contributed by atoms with Crippen LogP contribution in [-0.4, -0.2) is 47.3 Å². The van der Waals surface area contributed by atoms with Gasteiger partial charge >= 0.3 is 6.18 Å². The van der Waals surface area contributed by atoms with E-state index in [-0.39, 0.29) is 5.69 Å². The van der Waals surface area contributed by atoms with Gasteiger partial charge < -0.3 is 20.5 Å². The molecule has 3 N–H and O–H groups in total. The summed E-state index contributed by atoms with van der Waals surface area (Å²) in [5.74, 6) is 1.02. The predicted molar refractivity (Wildman–Crippen MR) is 127 cm³/mol. The van der Waals surface area contributed by atoms with Gasteiger partial charge in [-0.1, -0.05) is 0 Å². The SMILES string of the molecule is Cc1nc(NC(C)c2cc(N)cc(C(F)(F)F)c2)c2cc(P3(=O)CCN(C)CC3)ccc2n1. The molecule has 4 rings (SSSR count). The summed E-state index contributed by atoms with van der Waals surface area (Å²) in [4.78, 5) is 11.2. The maximum atomic E-state index is 13.6. The van der Waals surface area contributed by atoms with E-state index >= 15 is 0 Å². The summed E-state index contributed by atoms with van der Waals surface area (Å²) in [6.07, 6.45) is -3.26. The molecule has 3 aromatic rings. The summed E-state index contributed by atoms with van der Waals surface area (Å²) in [6, 6.07) is 8.62. The van der Waals surface area contributed by atoms with Gasteiger partial charge in [-0.15, -0.1) is 0 Å². The summed E-state index contributed by atoms with van der Waals surface area (Å²) >= 11 is 0. The Morgan fingerprint density at radius 3 is 2.48 bits per heavy atom. The molecule has 1 aliphatic heterocycles. The maximum absolute atomic E-state index is 13.6. The number of hydrogen-bond donors (Lipinski definition) is 2. The third kappa shape index (κ3) is 4.99. The molecular weight excluding hydrogens is 450 g/mol. The van der Waals surface area contributed by atoms with E-state index in [9.17, 15) is 17.7 Å². The minimum atomic E-state index is -4.49. The zero-order chi connectivity index (χ0) is 24.0. The summed E-state index contributed by atoms with van der Waals surface area (Å²) < 4.78 is 53.4. The number of nitrogens with two attached hydrogens (primary N) is 1. The van der Waals surface area contributed by atoms with Gasteiger partial charge in [0.05, 0.1) is 17.1 Å². The molecule has 1 saturated heterocycles. The van der Waals surface area contributed by atoms with Crippen LogP contribution in [0.1, 0.15) is 29.9 Å². The Kier molecular flexibility index (Phi) is 6.14. The zero-order valence-electron chi connectivity index (χ0n) is 18.8. The Morgan fingerprint density at radius 1 is 1.12 bits per heavy atom. The average Bonchev–Trinajstić information content (AvgIpc) is 2.74. The number of alkyl halides is 3. The molecule has 33 heavy (non-hydrogen) atoms. The van der Waals surface area contributed by atoms with Crippen molar-refractivity contribution in [3.05, 3.63) is 53.3 Å². The predicted octanol–water partition coefficient (Wildman–Crippen LogP) is 4.65. The molecule has 1 fully saturated rings. The van der Waals surface area contributed by atoms with Crippen molar-refractivity contribution in [3.63, 3.8) is 0 Å². The molecule has 6 nitrogen and oxygen atoms in total. The van der Waals surface area contributed by atoms with E-state index in [0.29, 0.717) is 40.4 Å². The van der Waals surface area contributed by atoms with Gasteiger partial charge in [-0.25, -0.2) is 9.97 Å². The topological polar surface area (TPSA) is 84.1 Å². The Labute approximate surface area is 190 Å². The molecule has 1 aromatic heterocycles. The van der Waals surface area contributed by atoms with Crippen LogP contribution in [0.5, 0.6) is 0 Å². The summed E-state index contributed by atoms with van der Waals surface area (Å²) in [7, 11) is -0.511. The molecule has 0 saturated carbocycles. The van der Waals surface area contributed by atoms with Crippen LogP contribution in [-0.2, 0) is 10.7 Å². The summed E-state index contributed by atoms with van der Waals surface area (Å²) in [6.45, 7) is 5.06. The number of halogens is 3. The van der Waals surface area contributed by atoms with E-state index in [1.807, 2.05) is 25.2 Å². The van der Waals surface area contributed by atoms with E-state index in [2.05, 4.69) is 20.2 Å². The fourth-order valence-electron chi connectivity index (χ4n) is 4.12. The first-order valence-electron chi connectivity index (χ1n) is 10.7.